The molecule has 1 aromatic carbocycles. The van der Waals surface area contributed by atoms with E-state index in [1.165, 1.54) is 6.20 Å². The lowest BCUT2D eigenvalue weighted by Crippen LogP contribution is -2.37. The Morgan fingerprint density at radius 3 is 2.39 bits per heavy atom. The van der Waals surface area contributed by atoms with Gasteiger partial charge in [-0.05, 0) is 29.8 Å². The number of cyclic esters (lactones) is 2. The van der Waals surface area contributed by atoms with E-state index in [-0.39, 0.29) is 0 Å². The quantitative estimate of drug-likeness (QED) is 0.674. The Kier molecular flexibility index (Phi) is 4.36. The van der Waals surface area contributed by atoms with Crippen LogP contribution in [-0.4, -0.2) is 23.3 Å². The maximum absolute atomic E-state index is 11.3. The van der Waals surface area contributed by atoms with Crippen LogP contribution in [0.5, 0.6) is 0 Å². The van der Waals surface area contributed by atoms with Gasteiger partial charge < -0.3 is 14.8 Å². The highest BCUT2D eigenvalue weighted by Gasteiger charge is 2.28. The molecule has 0 spiro atoms. The summed E-state index contributed by atoms with van der Waals surface area (Å²) in [5.41, 5.74) is 1.95. The van der Waals surface area contributed by atoms with Crippen molar-refractivity contribution in [1.29, 1.82) is 0 Å². The summed E-state index contributed by atoms with van der Waals surface area (Å²) >= 11 is 12.0. The largest absolute Gasteiger partial charge is 0.406 e. The van der Waals surface area contributed by atoms with Crippen LogP contribution in [0, 0.1) is 0 Å². The molecule has 1 aromatic heterocycles. The van der Waals surface area contributed by atoms with Gasteiger partial charge in [-0.15, -0.1) is 0 Å². The van der Waals surface area contributed by atoms with Crippen molar-refractivity contribution < 1.29 is 19.1 Å². The summed E-state index contributed by atoms with van der Waals surface area (Å²) in [6, 6.07) is 6.81. The number of pyridine rings is 1. The molecule has 0 aliphatic carbocycles. The van der Waals surface area contributed by atoms with Gasteiger partial charge in [0.2, 0.25) is 0 Å². The molecule has 1 aliphatic rings. The number of benzene rings is 1. The fourth-order valence-corrected chi connectivity index (χ4v) is 2.65. The molecule has 118 valence electrons. The first-order valence-electron chi connectivity index (χ1n) is 6.57. The number of halogens is 2. The van der Waals surface area contributed by atoms with Gasteiger partial charge in [-0.2, -0.15) is 0 Å². The van der Waals surface area contributed by atoms with E-state index < -0.39 is 24.8 Å². The minimum atomic E-state index is -1.21. The monoisotopic (exact) mass is 352 g/mol. The molecule has 0 amide bonds. The van der Waals surface area contributed by atoms with E-state index in [1.54, 1.807) is 30.5 Å². The number of hydrogen-bond acceptors (Lipinski definition) is 6. The van der Waals surface area contributed by atoms with Gasteiger partial charge in [0.25, 0.3) is 0 Å². The number of nitrogens with zero attached hydrogens (tertiary/aromatic N) is 1. The van der Waals surface area contributed by atoms with Crippen molar-refractivity contribution >= 4 is 40.8 Å². The van der Waals surface area contributed by atoms with E-state index in [0.717, 1.165) is 5.56 Å². The van der Waals surface area contributed by atoms with E-state index in [1.807, 2.05) is 0 Å². The minimum absolute atomic E-state index is 0.401. The van der Waals surface area contributed by atoms with E-state index in [9.17, 15) is 9.59 Å². The number of ether oxygens (including phenoxy) is 2. The molecule has 2 aromatic rings. The van der Waals surface area contributed by atoms with Crippen molar-refractivity contribution in [2.75, 3.05) is 5.32 Å². The number of carbonyl (C=O) groups excluding carboxylic acids is 2. The fourth-order valence-electron chi connectivity index (χ4n) is 2.12. The van der Waals surface area contributed by atoms with Crippen LogP contribution in [0.1, 0.15) is 6.42 Å². The van der Waals surface area contributed by atoms with Crippen LogP contribution in [0.4, 0.5) is 5.69 Å². The summed E-state index contributed by atoms with van der Waals surface area (Å²) in [4.78, 5) is 26.6. The summed E-state index contributed by atoms with van der Waals surface area (Å²) < 4.78 is 9.85. The predicted octanol–water partition coefficient (Wildman–Crippen LogP) is 3.24. The van der Waals surface area contributed by atoms with Crippen molar-refractivity contribution in [2.24, 2.45) is 0 Å². The molecule has 0 atom stereocenters. The Hall–Kier alpha value is -2.31. The minimum Gasteiger partial charge on any atom is -0.406 e. The highest BCUT2D eigenvalue weighted by Crippen LogP contribution is 2.32. The van der Waals surface area contributed by atoms with E-state index in [4.69, 9.17) is 32.7 Å². The molecule has 1 fully saturated rings. The normalized spacial score (nSPS) is 15.0. The third kappa shape index (κ3) is 3.72. The summed E-state index contributed by atoms with van der Waals surface area (Å²) in [6.45, 7) is 0. The highest BCUT2D eigenvalue weighted by molar-refractivity contribution is 6.35. The number of nitrogens with one attached hydrogen (secondary N) is 1. The third-order valence-electron chi connectivity index (χ3n) is 3.03. The Bertz CT molecular complexity index is 746. The summed E-state index contributed by atoms with van der Waals surface area (Å²) in [7, 11) is 0. The van der Waals surface area contributed by atoms with Gasteiger partial charge in [0.05, 0.1) is 11.9 Å². The number of esters is 2. The maximum Gasteiger partial charge on any atom is 0.329 e. The van der Waals surface area contributed by atoms with E-state index >= 15 is 0 Å². The summed E-state index contributed by atoms with van der Waals surface area (Å²) in [5.74, 6) is -1.31. The molecule has 0 unspecified atom stereocenters. The zero-order valence-electron chi connectivity index (χ0n) is 11.6. The molecule has 0 radical (unpaired) electrons. The topological polar surface area (TPSA) is 77.5 Å². The van der Waals surface area contributed by atoms with Gasteiger partial charge >= 0.3 is 18.4 Å². The fraction of sp³-hybridized carbons (Fsp3) is 0.133. The second-order valence-corrected chi connectivity index (χ2v) is 5.59. The predicted molar refractivity (Wildman–Crippen MR) is 83.9 cm³/mol. The molecule has 1 N–H and O–H groups in total. The molecule has 1 aliphatic heterocycles. The van der Waals surface area contributed by atoms with Crippen LogP contribution in [0.3, 0.4) is 0 Å². The molecule has 8 heteroatoms. The van der Waals surface area contributed by atoms with Crippen LogP contribution >= 0.6 is 23.2 Å². The van der Waals surface area contributed by atoms with Crippen LogP contribution in [0.15, 0.2) is 36.7 Å². The molecule has 3 rings (SSSR count). The molecule has 1 saturated heterocycles. The molecule has 0 saturated carbocycles. The van der Waals surface area contributed by atoms with Gasteiger partial charge in [-0.1, -0.05) is 23.2 Å². The summed E-state index contributed by atoms with van der Waals surface area (Å²) in [5, 5.41) is 3.77. The first kappa shape index (κ1) is 15.6. The van der Waals surface area contributed by atoms with Crippen LogP contribution in [0.25, 0.3) is 11.1 Å². The molecular formula is C15H10Cl2N2O4. The lowest BCUT2D eigenvalue weighted by molar-refractivity contribution is -0.197. The number of aromatic nitrogens is 1. The Morgan fingerprint density at radius 1 is 1.09 bits per heavy atom. The maximum atomic E-state index is 11.3. The van der Waals surface area contributed by atoms with Gasteiger partial charge in [-0.3, -0.25) is 14.6 Å². The Labute approximate surface area is 141 Å². The summed E-state index contributed by atoms with van der Waals surface area (Å²) in [6.07, 6.45) is 1.50. The van der Waals surface area contributed by atoms with Crippen molar-refractivity contribution in [3.8, 4) is 11.1 Å². The average molecular weight is 353 g/mol. The highest BCUT2D eigenvalue weighted by atomic mass is 35.5. The third-order valence-corrected chi connectivity index (χ3v) is 3.47. The molecule has 6 nitrogen and oxygen atoms in total. The van der Waals surface area contributed by atoms with Crippen molar-refractivity contribution in [3.05, 3.63) is 46.7 Å². The van der Waals surface area contributed by atoms with Gasteiger partial charge in [0.15, 0.2) is 0 Å². The van der Waals surface area contributed by atoms with Crippen molar-refractivity contribution in [3.63, 3.8) is 0 Å². The standard InChI is InChI=1S/C15H10Cl2N2O4/c16-9-3-8(4-10(17)5-9)11-1-2-18-7-12(11)19-15-22-13(20)6-14(21)23-15/h1-5,7,15,19H,6H2. The number of rotatable bonds is 3. The number of anilines is 1. The lowest BCUT2D eigenvalue weighted by Gasteiger charge is -2.24. The number of carbonyl (C=O) groups is 2. The van der Waals surface area contributed by atoms with Gasteiger partial charge in [0, 0.05) is 21.8 Å². The van der Waals surface area contributed by atoms with Crippen molar-refractivity contribution in [2.45, 2.75) is 12.8 Å². The Balaban J connectivity index is 1.91. The molecular weight excluding hydrogens is 343 g/mol. The SMILES string of the molecule is O=C1CC(=O)OC(Nc2cnccc2-c2cc(Cl)cc(Cl)c2)O1. The molecule has 0 bridgehead atoms. The second kappa shape index (κ2) is 6.44. The lowest BCUT2D eigenvalue weighted by atomic mass is 10.1. The second-order valence-electron chi connectivity index (χ2n) is 4.71. The van der Waals surface area contributed by atoms with Crippen molar-refractivity contribution in [1.82, 2.24) is 4.98 Å². The molecule has 2 heterocycles. The van der Waals surface area contributed by atoms with E-state index in [0.29, 0.717) is 21.3 Å². The first-order chi connectivity index (χ1) is 11.0. The average Bonchev–Trinajstić information content (AvgIpc) is 2.45. The number of hydrogen-bond donors (Lipinski definition) is 1. The molecule has 23 heavy (non-hydrogen) atoms. The van der Waals surface area contributed by atoms with E-state index in [2.05, 4.69) is 10.3 Å². The van der Waals surface area contributed by atoms with Gasteiger partial charge in [0.1, 0.15) is 6.42 Å². The Morgan fingerprint density at radius 2 is 1.74 bits per heavy atom. The van der Waals surface area contributed by atoms with Gasteiger partial charge in [-0.25, -0.2) is 0 Å². The van der Waals surface area contributed by atoms with Crippen LogP contribution in [0.2, 0.25) is 10.0 Å². The first-order valence-corrected chi connectivity index (χ1v) is 7.33. The zero-order valence-corrected chi connectivity index (χ0v) is 13.1. The van der Waals surface area contributed by atoms with Crippen LogP contribution in [-0.2, 0) is 19.1 Å². The zero-order chi connectivity index (χ0) is 16.4. The van der Waals surface area contributed by atoms with Crippen LogP contribution < -0.4 is 5.32 Å². The smallest absolute Gasteiger partial charge is 0.329 e.